The van der Waals surface area contributed by atoms with Crippen LogP contribution in [0.1, 0.15) is 39.5 Å². The lowest BCUT2D eigenvalue weighted by Gasteiger charge is -1.99. The molecule has 0 aliphatic rings. The zero-order chi connectivity index (χ0) is 16.8. The van der Waals surface area contributed by atoms with Gasteiger partial charge in [-0.2, -0.15) is 0 Å². The number of carboxylic acid groups (broad SMARTS) is 1. The van der Waals surface area contributed by atoms with Gasteiger partial charge in [0.2, 0.25) is 0 Å². The fourth-order valence-electron chi connectivity index (χ4n) is 0.826. The normalized spacial score (nSPS) is 8.95. The van der Waals surface area contributed by atoms with E-state index >= 15 is 0 Å². The number of aliphatic carboxylic acids is 1. The number of hydrogen-bond acceptors (Lipinski definition) is 5. The molecule has 0 aliphatic heterocycles. The SMILES string of the molecule is C=CC(=O)O.CCCCOCCCC.OCCOCCO. The first kappa shape index (κ1) is 25.0. The first-order valence-electron chi connectivity index (χ1n) is 7.33. The van der Waals surface area contributed by atoms with E-state index in [1.807, 2.05) is 0 Å². The van der Waals surface area contributed by atoms with Gasteiger partial charge in [-0.15, -0.1) is 0 Å². The second-order valence-corrected chi connectivity index (χ2v) is 3.92. The molecular weight excluding hydrogens is 276 g/mol. The molecule has 0 heterocycles. The Kier molecular flexibility index (Phi) is 32.7. The van der Waals surface area contributed by atoms with E-state index in [1.165, 1.54) is 25.7 Å². The minimum absolute atomic E-state index is 0.0278. The molecule has 0 aromatic carbocycles. The van der Waals surface area contributed by atoms with E-state index in [0.29, 0.717) is 13.2 Å². The van der Waals surface area contributed by atoms with Crippen LogP contribution in [0.3, 0.4) is 0 Å². The van der Waals surface area contributed by atoms with Crippen molar-refractivity contribution >= 4 is 5.97 Å². The molecule has 0 saturated carbocycles. The predicted octanol–water partition coefficient (Wildman–Crippen LogP) is 1.85. The van der Waals surface area contributed by atoms with Crippen LogP contribution in [0.2, 0.25) is 0 Å². The summed E-state index contributed by atoms with van der Waals surface area (Å²) in [5.74, 6) is -0.981. The summed E-state index contributed by atoms with van der Waals surface area (Å²) in [4.78, 5) is 9.25. The van der Waals surface area contributed by atoms with Crippen molar-refractivity contribution in [1.29, 1.82) is 0 Å². The van der Waals surface area contributed by atoms with E-state index in [2.05, 4.69) is 25.2 Å². The standard InChI is InChI=1S/C8H18O.C4H10O3.C3H4O2/c1-3-5-7-9-8-6-4-2;5-1-3-7-4-2-6;1-2-3(4)5/h3-8H2,1-2H3;5-6H,1-4H2;2H,1H2,(H,4,5). The van der Waals surface area contributed by atoms with Crippen molar-refractivity contribution in [2.45, 2.75) is 39.5 Å². The van der Waals surface area contributed by atoms with Crippen LogP contribution in [0.4, 0.5) is 0 Å². The molecule has 6 nitrogen and oxygen atoms in total. The van der Waals surface area contributed by atoms with Gasteiger partial charge in [-0.05, 0) is 12.8 Å². The zero-order valence-corrected chi connectivity index (χ0v) is 13.4. The minimum Gasteiger partial charge on any atom is -0.478 e. The van der Waals surface area contributed by atoms with Crippen LogP contribution >= 0.6 is 0 Å². The number of aliphatic hydroxyl groups excluding tert-OH is 2. The number of hydrogen-bond donors (Lipinski definition) is 3. The van der Waals surface area contributed by atoms with E-state index in [9.17, 15) is 4.79 Å². The molecule has 0 bridgehead atoms. The Morgan fingerprint density at radius 3 is 1.52 bits per heavy atom. The summed E-state index contributed by atoms with van der Waals surface area (Å²) in [6, 6.07) is 0. The minimum atomic E-state index is -0.981. The molecule has 0 amide bonds. The highest BCUT2D eigenvalue weighted by molar-refractivity contribution is 5.78. The highest BCUT2D eigenvalue weighted by atomic mass is 16.5. The second-order valence-electron chi connectivity index (χ2n) is 3.92. The van der Waals surface area contributed by atoms with Gasteiger partial charge in [0.15, 0.2) is 0 Å². The number of rotatable bonds is 11. The average Bonchev–Trinajstić information content (AvgIpc) is 2.49. The highest BCUT2D eigenvalue weighted by Gasteiger charge is 1.84. The third kappa shape index (κ3) is 45.4. The number of unbranched alkanes of at least 4 members (excludes halogenated alkanes) is 2. The summed E-state index contributed by atoms with van der Waals surface area (Å²) in [5, 5.41) is 23.8. The van der Waals surface area contributed by atoms with Crippen molar-refractivity contribution in [2.24, 2.45) is 0 Å². The van der Waals surface area contributed by atoms with Gasteiger partial charge in [-0.3, -0.25) is 0 Å². The largest absolute Gasteiger partial charge is 0.478 e. The smallest absolute Gasteiger partial charge is 0.327 e. The van der Waals surface area contributed by atoms with Gasteiger partial charge in [0.1, 0.15) is 0 Å². The van der Waals surface area contributed by atoms with Crippen LogP contribution in [0.5, 0.6) is 0 Å². The lowest BCUT2D eigenvalue weighted by Crippen LogP contribution is -2.03. The van der Waals surface area contributed by atoms with Gasteiger partial charge in [-0.25, -0.2) is 4.79 Å². The van der Waals surface area contributed by atoms with Crippen LogP contribution < -0.4 is 0 Å². The van der Waals surface area contributed by atoms with Gasteiger partial charge in [-0.1, -0.05) is 33.3 Å². The van der Waals surface area contributed by atoms with E-state index in [0.717, 1.165) is 19.3 Å². The van der Waals surface area contributed by atoms with Gasteiger partial charge < -0.3 is 24.8 Å². The summed E-state index contributed by atoms with van der Waals surface area (Å²) in [6.07, 6.45) is 5.74. The Morgan fingerprint density at radius 2 is 1.29 bits per heavy atom. The molecule has 0 aromatic rings. The fraction of sp³-hybridized carbons (Fsp3) is 0.800. The van der Waals surface area contributed by atoms with Crippen LogP contribution in [-0.4, -0.2) is 60.9 Å². The summed E-state index contributed by atoms with van der Waals surface area (Å²) in [5.41, 5.74) is 0. The maximum Gasteiger partial charge on any atom is 0.327 e. The number of aliphatic hydroxyl groups is 2. The number of carbonyl (C=O) groups is 1. The topological polar surface area (TPSA) is 96.2 Å². The Labute approximate surface area is 128 Å². The molecule has 0 atom stereocenters. The van der Waals surface area contributed by atoms with Crippen LogP contribution in [-0.2, 0) is 14.3 Å². The van der Waals surface area contributed by atoms with Crippen LogP contribution in [0.15, 0.2) is 12.7 Å². The molecule has 3 N–H and O–H groups in total. The first-order chi connectivity index (χ1) is 10.1. The van der Waals surface area contributed by atoms with Crippen molar-refractivity contribution in [2.75, 3.05) is 39.6 Å². The molecule has 0 fully saturated rings. The Morgan fingerprint density at radius 1 is 0.952 bits per heavy atom. The van der Waals surface area contributed by atoms with Crippen molar-refractivity contribution in [3.8, 4) is 0 Å². The van der Waals surface area contributed by atoms with E-state index in [1.54, 1.807) is 0 Å². The molecule has 6 heteroatoms. The van der Waals surface area contributed by atoms with Crippen LogP contribution in [0.25, 0.3) is 0 Å². The molecule has 0 spiro atoms. The summed E-state index contributed by atoms with van der Waals surface area (Å²) in [6.45, 7) is 9.93. The third-order valence-corrected chi connectivity index (χ3v) is 1.93. The van der Waals surface area contributed by atoms with E-state index in [-0.39, 0.29) is 13.2 Å². The van der Waals surface area contributed by atoms with E-state index < -0.39 is 5.97 Å². The molecular formula is C15H32O6. The maximum atomic E-state index is 9.25. The maximum absolute atomic E-state index is 9.25. The summed E-state index contributed by atoms with van der Waals surface area (Å²) < 4.78 is 9.95. The number of carboxylic acids is 1. The molecule has 128 valence electrons. The third-order valence-electron chi connectivity index (χ3n) is 1.93. The molecule has 0 radical (unpaired) electrons. The van der Waals surface area contributed by atoms with Crippen molar-refractivity contribution in [3.05, 3.63) is 12.7 Å². The second kappa shape index (κ2) is 27.4. The zero-order valence-electron chi connectivity index (χ0n) is 13.4. The van der Waals surface area contributed by atoms with Gasteiger partial charge in [0, 0.05) is 19.3 Å². The molecule has 0 unspecified atom stereocenters. The first-order valence-corrected chi connectivity index (χ1v) is 7.33. The average molecular weight is 308 g/mol. The van der Waals surface area contributed by atoms with Crippen LogP contribution in [0, 0.1) is 0 Å². The molecule has 0 saturated heterocycles. The van der Waals surface area contributed by atoms with Crippen molar-refractivity contribution in [3.63, 3.8) is 0 Å². The fourth-order valence-corrected chi connectivity index (χ4v) is 0.826. The van der Waals surface area contributed by atoms with E-state index in [4.69, 9.17) is 20.1 Å². The lowest BCUT2D eigenvalue weighted by molar-refractivity contribution is -0.131. The van der Waals surface area contributed by atoms with Crippen molar-refractivity contribution < 1.29 is 29.6 Å². The number of ether oxygens (including phenoxy) is 2. The molecule has 0 aliphatic carbocycles. The Balaban J connectivity index is -0.000000242. The highest BCUT2D eigenvalue weighted by Crippen LogP contribution is 1.91. The monoisotopic (exact) mass is 308 g/mol. The Hall–Kier alpha value is -0.950. The summed E-state index contributed by atoms with van der Waals surface area (Å²) >= 11 is 0. The van der Waals surface area contributed by atoms with Gasteiger partial charge in [0.05, 0.1) is 26.4 Å². The quantitative estimate of drug-likeness (QED) is 0.398. The van der Waals surface area contributed by atoms with Crippen molar-refractivity contribution in [1.82, 2.24) is 0 Å². The van der Waals surface area contributed by atoms with Gasteiger partial charge >= 0.3 is 5.97 Å². The predicted molar refractivity (Wildman–Crippen MR) is 83.5 cm³/mol. The lowest BCUT2D eigenvalue weighted by atomic mass is 10.3. The Bertz CT molecular complexity index is 187. The molecule has 21 heavy (non-hydrogen) atoms. The molecule has 0 aromatic heterocycles. The molecule has 0 rings (SSSR count). The van der Waals surface area contributed by atoms with Gasteiger partial charge in [0.25, 0.3) is 0 Å². The summed E-state index contributed by atoms with van der Waals surface area (Å²) in [7, 11) is 0.